The Morgan fingerprint density at radius 2 is 1.67 bits per heavy atom. The van der Waals surface area contributed by atoms with Crippen LogP contribution in [-0.2, 0) is 14.4 Å². The van der Waals surface area contributed by atoms with Gasteiger partial charge in [-0.2, -0.15) is 0 Å². The van der Waals surface area contributed by atoms with Crippen LogP contribution in [0, 0.1) is 17.3 Å². The lowest BCUT2D eigenvalue weighted by Crippen LogP contribution is -2.35. The topological polar surface area (TPSA) is 104 Å². The zero-order valence-corrected chi connectivity index (χ0v) is 11.7. The summed E-state index contributed by atoms with van der Waals surface area (Å²) in [6.07, 6.45) is 0. The fraction of sp³-hybridized carbons (Fsp3) is 0.400. The number of carbonyl (C=O) groups is 3. The highest BCUT2D eigenvalue weighted by Crippen LogP contribution is 2.58. The van der Waals surface area contributed by atoms with Crippen molar-refractivity contribution in [2.75, 3.05) is 0 Å². The van der Waals surface area contributed by atoms with Crippen molar-refractivity contribution >= 4 is 17.8 Å². The maximum absolute atomic E-state index is 12.2. The first kappa shape index (κ1) is 15.0. The number of rotatable bonds is 5. The van der Waals surface area contributed by atoms with Crippen LogP contribution in [0.5, 0.6) is 0 Å². The summed E-state index contributed by atoms with van der Waals surface area (Å²) in [5.41, 5.74) is -0.209. The molecule has 2 rings (SSSR count). The minimum atomic E-state index is -1.18. The first-order valence-electron chi connectivity index (χ1n) is 6.57. The summed E-state index contributed by atoms with van der Waals surface area (Å²) in [7, 11) is 0. The summed E-state index contributed by atoms with van der Waals surface area (Å²) in [4.78, 5) is 34.6. The second-order valence-corrected chi connectivity index (χ2v) is 5.81. The molecule has 0 radical (unpaired) electrons. The molecule has 0 heterocycles. The Labute approximate surface area is 121 Å². The monoisotopic (exact) mass is 291 g/mol. The third-order valence-electron chi connectivity index (χ3n) is 4.04. The quantitative estimate of drug-likeness (QED) is 0.758. The molecule has 1 amide bonds. The molecule has 0 bridgehead atoms. The normalized spacial score (nSPS) is 23.9. The van der Waals surface area contributed by atoms with Gasteiger partial charge >= 0.3 is 11.9 Å². The fourth-order valence-electron chi connectivity index (χ4n) is 2.75. The van der Waals surface area contributed by atoms with E-state index >= 15 is 0 Å². The zero-order chi connectivity index (χ0) is 15.8. The number of hydrogen-bond acceptors (Lipinski definition) is 3. The van der Waals surface area contributed by atoms with Crippen LogP contribution >= 0.6 is 0 Å². The van der Waals surface area contributed by atoms with Crippen molar-refractivity contribution < 1.29 is 24.6 Å². The summed E-state index contributed by atoms with van der Waals surface area (Å²) < 4.78 is 0. The molecule has 1 aliphatic carbocycles. The molecule has 112 valence electrons. The highest BCUT2D eigenvalue weighted by atomic mass is 16.4. The smallest absolute Gasteiger partial charge is 0.330 e. The Morgan fingerprint density at radius 3 is 2.10 bits per heavy atom. The predicted molar refractivity (Wildman–Crippen MR) is 73.4 cm³/mol. The molecule has 1 saturated carbocycles. The number of nitrogens with one attached hydrogen (secondary N) is 1. The predicted octanol–water partition coefficient (Wildman–Crippen LogP) is 1.29. The van der Waals surface area contributed by atoms with E-state index in [1.807, 2.05) is 0 Å². The molecule has 3 N–H and O–H groups in total. The van der Waals surface area contributed by atoms with Crippen molar-refractivity contribution in [1.82, 2.24) is 5.32 Å². The standard InChI is InChI=1S/C15H17NO5/c1-15(2)9(10(15)13(18)19)12(17)16-11(14(20)21)8-6-4-3-5-7-8/h3-7,9-11H,1-2H3,(H,16,17)(H,18,19)(H,20,21). The van der Waals surface area contributed by atoms with E-state index in [4.69, 9.17) is 5.11 Å². The summed E-state index contributed by atoms with van der Waals surface area (Å²) in [5.74, 6) is -4.24. The fourth-order valence-corrected chi connectivity index (χ4v) is 2.75. The van der Waals surface area contributed by atoms with E-state index in [1.165, 1.54) is 0 Å². The van der Waals surface area contributed by atoms with Crippen molar-refractivity contribution in [2.45, 2.75) is 19.9 Å². The average molecular weight is 291 g/mol. The SMILES string of the molecule is CC1(C)C(C(=O)O)C1C(=O)NC(C(=O)O)c1ccccc1. The van der Waals surface area contributed by atoms with Crippen molar-refractivity contribution in [1.29, 1.82) is 0 Å². The second-order valence-electron chi connectivity index (χ2n) is 5.81. The van der Waals surface area contributed by atoms with Gasteiger partial charge in [-0.1, -0.05) is 44.2 Å². The van der Waals surface area contributed by atoms with Gasteiger partial charge in [-0.3, -0.25) is 9.59 Å². The van der Waals surface area contributed by atoms with Gasteiger partial charge in [0.2, 0.25) is 5.91 Å². The minimum absolute atomic E-state index is 0.448. The summed E-state index contributed by atoms with van der Waals surface area (Å²) >= 11 is 0. The largest absolute Gasteiger partial charge is 0.481 e. The van der Waals surface area contributed by atoms with Gasteiger partial charge in [-0.25, -0.2) is 4.79 Å². The summed E-state index contributed by atoms with van der Waals surface area (Å²) in [5, 5.41) is 20.8. The Hall–Kier alpha value is -2.37. The Morgan fingerprint density at radius 1 is 1.10 bits per heavy atom. The average Bonchev–Trinajstić information content (AvgIpc) is 2.99. The van der Waals surface area contributed by atoms with E-state index in [9.17, 15) is 19.5 Å². The molecule has 1 fully saturated rings. The molecule has 3 atom stereocenters. The third-order valence-corrected chi connectivity index (χ3v) is 4.04. The number of aliphatic carboxylic acids is 2. The van der Waals surface area contributed by atoms with Gasteiger partial charge in [0.1, 0.15) is 0 Å². The van der Waals surface area contributed by atoms with E-state index in [-0.39, 0.29) is 0 Å². The van der Waals surface area contributed by atoms with Crippen LogP contribution in [0.4, 0.5) is 0 Å². The van der Waals surface area contributed by atoms with Crippen LogP contribution in [0.2, 0.25) is 0 Å². The number of carboxylic acid groups (broad SMARTS) is 2. The van der Waals surface area contributed by atoms with Gasteiger partial charge in [0.25, 0.3) is 0 Å². The first-order chi connectivity index (χ1) is 9.76. The Kier molecular flexibility index (Phi) is 3.72. The summed E-state index contributed by atoms with van der Waals surface area (Å²) in [6, 6.07) is 7.13. The Balaban J connectivity index is 2.14. The number of carboxylic acids is 2. The van der Waals surface area contributed by atoms with Crippen LogP contribution in [0.3, 0.4) is 0 Å². The molecule has 0 aromatic heterocycles. The van der Waals surface area contributed by atoms with E-state index in [0.29, 0.717) is 5.56 Å². The molecule has 1 aromatic carbocycles. The van der Waals surface area contributed by atoms with Crippen molar-refractivity contribution in [3.63, 3.8) is 0 Å². The lowest BCUT2D eigenvalue weighted by atomic mass is 10.1. The minimum Gasteiger partial charge on any atom is -0.481 e. The summed E-state index contributed by atoms with van der Waals surface area (Å²) in [6.45, 7) is 3.38. The molecule has 1 aromatic rings. The van der Waals surface area contributed by atoms with Crippen LogP contribution in [-0.4, -0.2) is 28.1 Å². The number of hydrogen-bond donors (Lipinski definition) is 3. The highest BCUT2D eigenvalue weighted by Gasteiger charge is 2.66. The van der Waals surface area contributed by atoms with Gasteiger partial charge in [-0.05, 0) is 11.0 Å². The van der Waals surface area contributed by atoms with Gasteiger partial charge < -0.3 is 15.5 Å². The highest BCUT2D eigenvalue weighted by molar-refractivity contribution is 5.93. The van der Waals surface area contributed by atoms with Crippen molar-refractivity contribution in [2.24, 2.45) is 17.3 Å². The number of amides is 1. The third kappa shape index (κ3) is 2.74. The van der Waals surface area contributed by atoms with Crippen LogP contribution in [0.15, 0.2) is 30.3 Å². The molecule has 3 unspecified atom stereocenters. The maximum atomic E-state index is 12.2. The van der Waals surface area contributed by atoms with Crippen LogP contribution < -0.4 is 5.32 Å². The van der Waals surface area contributed by atoms with Gasteiger partial charge in [-0.15, -0.1) is 0 Å². The van der Waals surface area contributed by atoms with E-state index < -0.39 is 41.1 Å². The van der Waals surface area contributed by atoms with Gasteiger partial charge in [0.15, 0.2) is 6.04 Å². The van der Waals surface area contributed by atoms with Crippen LogP contribution in [0.25, 0.3) is 0 Å². The molecule has 0 spiro atoms. The van der Waals surface area contributed by atoms with Gasteiger partial charge in [0, 0.05) is 0 Å². The molecule has 6 heteroatoms. The van der Waals surface area contributed by atoms with E-state index in [2.05, 4.69) is 5.32 Å². The van der Waals surface area contributed by atoms with E-state index in [0.717, 1.165) is 0 Å². The second kappa shape index (κ2) is 5.20. The number of benzene rings is 1. The Bertz CT molecular complexity index is 581. The first-order valence-corrected chi connectivity index (χ1v) is 6.57. The zero-order valence-electron chi connectivity index (χ0n) is 11.7. The lowest BCUT2D eigenvalue weighted by Gasteiger charge is -2.15. The maximum Gasteiger partial charge on any atom is 0.330 e. The van der Waals surface area contributed by atoms with Crippen molar-refractivity contribution in [3.8, 4) is 0 Å². The molecule has 21 heavy (non-hydrogen) atoms. The molecule has 0 saturated heterocycles. The lowest BCUT2D eigenvalue weighted by molar-refractivity contribution is -0.142. The molecular weight excluding hydrogens is 274 g/mol. The van der Waals surface area contributed by atoms with Crippen molar-refractivity contribution in [3.05, 3.63) is 35.9 Å². The molecule has 6 nitrogen and oxygen atoms in total. The molecule has 1 aliphatic rings. The van der Waals surface area contributed by atoms with E-state index in [1.54, 1.807) is 44.2 Å². The molecular formula is C15H17NO5. The van der Waals surface area contributed by atoms with Gasteiger partial charge in [0.05, 0.1) is 11.8 Å². The van der Waals surface area contributed by atoms with Crippen LogP contribution in [0.1, 0.15) is 25.5 Å². The molecule has 0 aliphatic heterocycles. The number of carbonyl (C=O) groups excluding carboxylic acids is 1.